The third-order valence-corrected chi connectivity index (χ3v) is 13.6. The lowest BCUT2D eigenvalue weighted by molar-refractivity contribution is -0.437. The van der Waals surface area contributed by atoms with Crippen molar-refractivity contribution in [3.8, 4) is 0 Å². The summed E-state index contributed by atoms with van der Waals surface area (Å²) < 4.78 is 35.4. The zero-order valence-corrected chi connectivity index (χ0v) is 38.6. The number of para-hydroxylation sites is 1. The molecular formula is C51H65N4O7S+. The van der Waals surface area contributed by atoms with E-state index in [1.54, 1.807) is 0 Å². The Hall–Kier alpha value is -5.33. The predicted molar refractivity (Wildman–Crippen MR) is 252 cm³/mol. The number of hydrogen-bond acceptors (Lipinski definition) is 6. The third kappa shape index (κ3) is 10.2. The van der Waals surface area contributed by atoms with Gasteiger partial charge in [0.1, 0.15) is 12.0 Å². The largest absolute Gasteiger partial charge is 0.481 e. The van der Waals surface area contributed by atoms with Crippen LogP contribution in [0.1, 0.15) is 110 Å². The second-order valence-electron chi connectivity index (χ2n) is 18.3. The number of hydrogen-bond donors (Lipinski definition) is 4. The summed E-state index contributed by atoms with van der Waals surface area (Å²) in [7, 11) is -4.39. The van der Waals surface area contributed by atoms with Crippen molar-refractivity contribution in [2.45, 2.75) is 110 Å². The molecule has 12 heteroatoms. The number of anilines is 1. The highest BCUT2D eigenvalue weighted by atomic mass is 32.2. The van der Waals surface area contributed by atoms with Crippen molar-refractivity contribution < 1.29 is 37.0 Å². The Morgan fingerprint density at radius 2 is 1.52 bits per heavy atom. The molecule has 0 fully saturated rings. The maximum Gasteiger partial charge on any atom is 0.303 e. The molecule has 3 aliphatic rings. The molecular weight excluding hydrogens is 813 g/mol. The van der Waals surface area contributed by atoms with Crippen LogP contribution in [0.2, 0.25) is 0 Å². The molecule has 0 saturated carbocycles. The number of unbranched alkanes of at least 4 members (excludes halogenated alkanes) is 3. The lowest BCUT2D eigenvalue weighted by atomic mass is 9.70. The SMILES string of the molecule is CCCCN1C(=CC=C2C=C(C=CC3=[N+](CCC)c4ccc5ccccc5c4C3(C)C)CC(C(=O)NCCCCCC(=O)O)(C(=O)NCCS(=O)(=O)O)C2)C(C)(C)c2ccccc21. The average molecular weight is 878 g/mol. The minimum atomic E-state index is -4.39. The highest BCUT2D eigenvalue weighted by Gasteiger charge is 2.49. The van der Waals surface area contributed by atoms with Crippen molar-refractivity contribution in [3.63, 3.8) is 0 Å². The number of nitrogens with one attached hydrogen (secondary N) is 2. The Morgan fingerprint density at radius 3 is 2.24 bits per heavy atom. The van der Waals surface area contributed by atoms with Gasteiger partial charge in [0.05, 0.1) is 11.2 Å². The molecule has 1 atom stereocenters. The van der Waals surface area contributed by atoms with Crippen LogP contribution in [0, 0.1) is 5.41 Å². The number of carboxylic acid groups (broad SMARTS) is 1. The molecule has 3 aromatic rings. The normalized spacial score (nSPS) is 20.4. The number of allylic oxidation sites excluding steroid dienone is 8. The monoisotopic (exact) mass is 877 g/mol. The molecule has 336 valence electrons. The molecule has 2 heterocycles. The minimum absolute atomic E-state index is 0.0305. The van der Waals surface area contributed by atoms with E-state index in [2.05, 4.69) is 141 Å². The van der Waals surface area contributed by atoms with Crippen molar-refractivity contribution >= 4 is 55.8 Å². The van der Waals surface area contributed by atoms with Crippen LogP contribution in [0.15, 0.2) is 108 Å². The fourth-order valence-corrected chi connectivity index (χ4v) is 10.1. The summed E-state index contributed by atoms with van der Waals surface area (Å²) in [5.74, 6) is -2.71. The average Bonchev–Trinajstić information content (AvgIpc) is 3.59. The Bertz CT molecular complexity index is 2510. The van der Waals surface area contributed by atoms with E-state index in [0.29, 0.717) is 19.3 Å². The number of carboxylic acids is 1. The number of nitrogens with zero attached hydrogens (tertiary/aromatic N) is 2. The van der Waals surface area contributed by atoms with E-state index in [4.69, 9.17) is 5.11 Å². The number of amides is 2. The van der Waals surface area contributed by atoms with E-state index >= 15 is 0 Å². The van der Waals surface area contributed by atoms with Crippen LogP contribution in [0.25, 0.3) is 10.8 Å². The fraction of sp³-hybridized carbons (Fsp3) is 0.451. The molecule has 4 N–H and O–H groups in total. The van der Waals surface area contributed by atoms with Crippen LogP contribution in [-0.4, -0.2) is 78.1 Å². The molecule has 0 bridgehead atoms. The first kappa shape index (κ1) is 47.2. The summed E-state index contributed by atoms with van der Waals surface area (Å²) in [5, 5.41) is 17.2. The summed E-state index contributed by atoms with van der Waals surface area (Å²) in [6, 6.07) is 21.3. The first-order chi connectivity index (χ1) is 29.9. The molecule has 11 nitrogen and oxygen atoms in total. The molecule has 1 unspecified atom stereocenters. The summed E-state index contributed by atoms with van der Waals surface area (Å²) in [4.78, 5) is 42.7. The van der Waals surface area contributed by atoms with Gasteiger partial charge in [-0.05, 0) is 91.6 Å². The first-order valence-electron chi connectivity index (χ1n) is 22.5. The smallest absolute Gasteiger partial charge is 0.303 e. The Kier molecular flexibility index (Phi) is 14.7. The second kappa shape index (κ2) is 19.6. The number of fused-ring (bicyclic) bond motifs is 4. The topological polar surface area (TPSA) is 156 Å². The number of benzene rings is 3. The standard InChI is InChI=1S/C51H64N4O7S/c1-7-9-31-55-41-20-15-14-19-40(41)49(3,4)43(55)26-22-36-33-37(23-27-44-50(5,6)46-39-18-13-12-17-38(39)24-25-42(46)54(44)30-8-2)35-51(34-36,48(59)53-29-32-63(60,61)62)47(58)52-28-16-10-11-21-45(56)57/h12-15,17-20,22-27,33H,7-11,16,21,28-32,34-35H2,1-6H3,(H3-,52,53,56,57,58,59,60,61,62)/p+1. The minimum Gasteiger partial charge on any atom is -0.481 e. The molecule has 1 aliphatic carbocycles. The van der Waals surface area contributed by atoms with Gasteiger partial charge < -0.3 is 20.6 Å². The van der Waals surface area contributed by atoms with Crippen LogP contribution >= 0.6 is 0 Å². The zero-order chi connectivity index (χ0) is 45.6. The molecule has 3 aromatic carbocycles. The van der Waals surface area contributed by atoms with Crippen molar-refractivity contribution in [2.75, 3.05) is 36.8 Å². The lowest BCUT2D eigenvalue weighted by Gasteiger charge is -2.35. The number of rotatable bonds is 19. The first-order valence-corrected chi connectivity index (χ1v) is 24.1. The summed E-state index contributed by atoms with van der Waals surface area (Å²) in [6.45, 7) is 14.8. The third-order valence-electron chi connectivity index (χ3n) is 12.9. The van der Waals surface area contributed by atoms with Gasteiger partial charge in [-0.3, -0.25) is 18.9 Å². The van der Waals surface area contributed by atoms with Crippen molar-refractivity contribution in [1.29, 1.82) is 0 Å². The van der Waals surface area contributed by atoms with Gasteiger partial charge in [0, 0.05) is 67.0 Å². The maximum absolute atomic E-state index is 14.7. The van der Waals surface area contributed by atoms with Crippen molar-refractivity contribution in [1.82, 2.24) is 10.6 Å². The number of carbonyl (C=O) groups is 3. The van der Waals surface area contributed by atoms with Crippen LogP contribution in [0.5, 0.6) is 0 Å². The van der Waals surface area contributed by atoms with Crippen LogP contribution in [0.4, 0.5) is 11.4 Å². The van der Waals surface area contributed by atoms with E-state index in [1.165, 1.54) is 27.6 Å². The number of aliphatic carboxylic acids is 1. The van der Waals surface area contributed by atoms with E-state index in [-0.39, 0.29) is 43.2 Å². The van der Waals surface area contributed by atoms with E-state index in [1.807, 2.05) is 12.2 Å². The van der Waals surface area contributed by atoms with Gasteiger partial charge in [0.25, 0.3) is 10.1 Å². The Morgan fingerprint density at radius 1 is 0.810 bits per heavy atom. The highest BCUT2D eigenvalue weighted by molar-refractivity contribution is 7.85. The lowest BCUT2D eigenvalue weighted by Crippen LogP contribution is -2.53. The van der Waals surface area contributed by atoms with Gasteiger partial charge >= 0.3 is 5.97 Å². The van der Waals surface area contributed by atoms with Crippen molar-refractivity contribution in [2.24, 2.45) is 5.41 Å². The summed E-state index contributed by atoms with van der Waals surface area (Å²) in [6.07, 6.45) is 15.0. The van der Waals surface area contributed by atoms with Crippen LogP contribution < -0.4 is 15.5 Å². The van der Waals surface area contributed by atoms with E-state index in [0.717, 1.165) is 60.6 Å². The van der Waals surface area contributed by atoms with E-state index < -0.39 is 39.1 Å². The molecule has 0 spiro atoms. The number of carbonyl (C=O) groups excluding carboxylic acids is 2. The zero-order valence-electron chi connectivity index (χ0n) is 37.8. The Labute approximate surface area is 373 Å². The van der Waals surface area contributed by atoms with Gasteiger partial charge in [-0.25, -0.2) is 0 Å². The van der Waals surface area contributed by atoms with Crippen molar-refractivity contribution in [3.05, 3.63) is 119 Å². The summed E-state index contributed by atoms with van der Waals surface area (Å²) >= 11 is 0. The van der Waals surface area contributed by atoms with Crippen LogP contribution in [-0.2, 0) is 35.3 Å². The quantitative estimate of drug-likeness (QED) is 0.0403. The van der Waals surface area contributed by atoms with Gasteiger partial charge in [-0.2, -0.15) is 13.0 Å². The van der Waals surface area contributed by atoms with Gasteiger partial charge in [0.15, 0.2) is 5.71 Å². The molecule has 2 aliphatic heterocycles. The highest BCUT2D eigenvalue weighted by Crippen LogP contribution is 2.49. The molecule has 0 aromatic heterocycles. The predicted octanol–water partition coefficient (Wildman–Crippen LogP) is 9.06. The summed E-state index contributed by atoms with van der Waals surface area (Å²) in [5.41, 5.74) is 6.15. The molecule has 63 heavy (non-hydrogen) atoms. The van der Waals surface area contributed by atoms with Gasteiger partial charge in [0.2, 0.25) is 17.5 Å². The Balaban J connectivity index is 1.46. The van der Waals surface area contributed by atoms with Gasteiger partial charge in [-0.15, -0.1) is 0 Å². The maximum atomic E-state index is 14.7. The van der Waals surface area contributed by atoms with Crippen LogP contribution in [0.3, 0.4) is 0 Å². The molecule has 0 saturated heterocycles. The van der Waals surface area contributed by atoms with Gasteiger partial charge in [-0.1, -0.05) is 101 Å². The molecule has 0 radical (unpaired) electrons. The van der Waals surface area contributed by atoms with E-state index in [9.17, 15) is 27.4 Å². The fourth-order valence-electron chi connectivity index (χ4n) is 9.72. The molecule has 2 amide bonds. The second-order valence-corrected chi connectivity index (χ2v) is 19.8. The molecule has 6 rings (SSSR count).